The third-order valence-corrected chi connectivity index (χ3v) is 4.44. The number of carbonyl (C=O) groups excluding carboxylic acids is 2. The van der Waals surface area contributed by atoms with E-state index in [1.54, 1.807) is 0 Å². The minimum atomic E-state index is -0.0442. The van der Waals surface area contributed by atoms with E-state index in [0.717, 1.165) is 12.1 Å². The lowest BCUT2D eigenvalue weighted by Crippen LogP contribution is -2.33. The molecule has 0 aromatic carbocycles. The van der Waals surface area contributed by atoms with Crippen molar-refractivity contribution in [1.29, 1.82) is 0 Å². The normalized spacial score (nSPS) is 19.4. The van der Waals surface area contributed by atoms with Gasteiger partial charge in [0, 0.05) is 18.5 Å². The van der Waals surface area contributed by atoms with Crippen molar-refractivity contribution < 1.29 is 9.59 Å². The maximum absolute atomic E-state index is 12.4. The van der Waals surface area contributed by atoms with Crippen LogP contribution in [0.25, 0.3) is 0 Å². The van der Waals surface area contributed by atoms with E-state index in [1.165, 1.54) is 32.1 Å². The van der Waals surface area contributed by atoms with Gasteiger partial charge in [0.15, 0.2) is 0 Å². The fourth-order valence-electron chi connectivity index (χ4n) is 3.04. The predicted octanol–water partition coefficient (Wildman–Crippen LogP) is 2.81. The van der Waals surface area contributed by atoms with E-state index in [0.29, 0.717) is 30.0 Å². The summed E-state index contributed by atoms with van der Waals surface area (Å²) >= 11 is 0. The van der Waals surface area contributed by atoms with Crippen LogP contribution < -0.4 is 10.6 Å². The third kappa shape index (κ3) is 4.19. The van der Waals surface area contributed by atoms with E-state index in [-0.39, 0.29) is 11.8 Å². The van der Waals surface area contributed by atoms with Crippen molar-refractivity contribution >= 4 is 11.8 Å². The predicted molar refractivity (Wildman–Crippen MR) is 83.4 cm³/mol. The molecule has 2 amide bonds. The van der Waals surface area contributed by atoms with Gasteiger partial charge >= 0.3 is 0 Å². The Labute approximate surface area is 127 Å². The first-order chi connectivity index (χ1) is 10.1. The highest BCUT2D eigenvalue weighted by molar-refractivity contribution is 5.97. The van der Waals surface area contributed by atoms with Crippen LogP contribution in [0.15, 0.2) is 22.9 Å². The fourth-order valence-corrected chi connectivity index (χ4v) is 3.04. The van der Waals surface area contributed by atoms with Crippen molar-refractivity contribution in [2.45, 2.75) is 58.8 Å². The molecule has 0 aliphatic heterocycles. The zero-order valence-corrected chi connectivity index (χ0v) is 13.1. The minimum Gasteiger partial charge on any atom is -0.352 e. The van der Waals surface area contributed by atoms with Crippen LogP contribution in [-0.4, -0.2) is 18.4 Å². The molecule has 116 valence electrons. The summed E-state index contributed by atoms with van der Waals surface area (Å²) in [5.74, 6) is 0.546. The molecule has 2 N–H and O–H groups in total. The van der Waals surface area contributed by atoms with Crippen molar-refractivity contribution in [3.8, 4) is 0 Å². The van der Waals surface area contributed by atoms with Crippen LogP contribution in [0.3, 0.4) is 0 Å². The number of hydrogen-bond acceptors (Lipinski definition) is 2. The van der Waals surface area contributed by atoms with E-state index in [1.807, 2.05) is 19.9 Å². The molecule has 4 nitrogen and oxygen atoms in total. The zero-order valence-electron chi connectivity index (χ0n) is 13.1. The average molecular weight is 290 g/mol. The average Bonchev–Trinajstić information content (AvgIpc) is 2.87. The van der Waals surface area contributed by atoms with Crippen molar-refractivity contribution in [2.24, 2.45) is 5.92 Å². The Bertz CT molecular complexity index is 471. The van der Waals surface area contributed by atoms with Gasteiger partial charge in [-0.15, -0.1) is 0 Å². The van der Waals surface area contributed by atoms with Gasteiger partial charge in [-0.25, -0.2) is 0 Å². The summed E-state index contributed by atoms with van der Waals surface area (Å²) in [7, 11) is 0. The Hall–Kier alpha value is -1.58. The molecule has 1 saturated carbocycles. The van der Waals surface area contributed by atoms with Gasteiger partial charge in [-0.05, 0) is 37.7 Å². The standard InChI is InChI=1S/C17H26N2O2/c1-3-15(20)19-16-12(2)9-10-14(16)17(21)18-11-13-7-5-4-6-8-13/h9,13H,3-8,10-11H2,1-2H3,(H,18,21)(H,19,20). The van der Waals surface area contributed by atoms with Crippen LogP contribution in [0.1, 0.15) is 58.8 Å². The second kappa shape index (κ2) is 7.43. The van der Waals surface area contributed by atoms with Gasteiger partial charge in [0.2, 0.25) is 11.8 Å². The SMILES string of the molecule is CCC(=O)NC1=C(C(=O)NCC2CCCCC2)CC=C1C. The van der Waals surface area contributed by atoms with Gasteiger partial charge in [-0.2, -0.15) is 0 Å². The molecule has 1 fully saturated rings. The quantitative estimate of drug-likeness (QED) is 0.818. The number of nitrogens with one attached hydrogen (secondary N) is 2. The fraction of sp³-hybridized carbons (Fsp3) is 0.647. The molecule has 2 rings (SSSR count). The molecule has 0 saturated heterocycles. The number of rotatable bonds is 5. The van der Waals surface area contributed by atoms with Crippen molar-refractivity contribution in [3.63, 3.8) is 0 Å². The topological polar surface area (TPSA) is 58.2 Å². The lowest BCUT2D eigenvalue weighted by atomic mass is 9.89. The third-order valence-electron chi connectivity index (χ3n) is 4.44. The molecule has 0 spiro atoms. The molecule has 21 heavy (non-hydrogen) atoms. The number of hydrogen-bond donors (Lipinski definition) is 2. The van der Waals surface area contributed by atoms with Gasteiger partial charge in [0.05, 0.1) is 5.70 Å². The molecule has 0 aromatic rings. The molecule has 2 aliphatic carbocycles. The van der Waals surface area contributed by atoms with Crippen LogP contribution in [0.5, 0.6) is 0 Å². The van der Waals surface area contributed by atoms with E-state index in [9.17, 15) is 9.59 Å². The first-order valence-electron chi connectivity index (χ1n) is 8.10. The van der Waals surface area contributed by atoms with Gasteiger partial charge in [0.1, 0.15) is 0 Å². The van der Waals surface area contributed by atoms with Gasteiger partial charge < -0.3 is 10.6 Å². The highest BCUT2D eigenvalue weighted by Gasteiger charge is 2.23. The van der Waals surface area contributed by atoms with Crippen molar-refractivity contribution in [3.05, 3.63) is 22.9 Å². The summed E-state index contributed by atoms with van der Waals surface area (Å²) in [5, 5.41) is 5.91. The Balaban J connectivity index is 1.94. The monoisotopic (exact) mass is 290 g/mol. The maximum atomic E-state index is 12.4. The van der Waals surface area contributed by atoms with Crippen molar-refractivity contribution in [1.82, 2.24) is 10.6 Å². The zero-order chi connectivity index (χ0) is 15.2. The van der Waals surface area contributed by atoms with E-state index in [2.05, 4.69) is 10.6 Å². The molecule has 0 aromatic heterocycles. The molecule has 0 atom stereocenters. The van der Waals surface area contributed by atoms with Crippen molar-refractivity contribution in [2.75, 3.05) is 6.54 Å². The van der Waals surface area contributed by atoms with E-state index >= 15 is 0 Å². The first kappa shape index (κ1) is 15.8. The highest BCUT2D eigenvalue weighted by atomic mass is 16.2. The van der Waals surface area contributed by atoms with E-state index < -0.39 is 0 Å². The summed E-state index contributed by atoms with van der Waals surface area (Å²) in [6.45, 7) is 4.51. The smallest absolute Gasteiger partial charge is 0.249 e. The van der Waals surface area contributed by atoms with Gasteiger partial charge in [-0.3, -0.25) is 9.59 Å². The molecule has 4 heteroatoms. The second-order valence-electron chi connectivity index (χ2n) is 6.06. The molecule has 0 heterocycles. The first-order valence-corrected chi connectivity index (χ1v) is 8.10. The largest absolute Gasteiger partial charge is 0.352 e. The van der Waals surface area contributed by atoms with Crippen LogP contribution in [0.2, 0.25) is 0 Å². The highest BCUT2D eigenvalue weighted by Crippen LogP contribution is 2.25. The summed E-state index contributed by atoms with van der Waals surface area (Å²) in [4.78, 5) is 23.9. The lowest BCUT2D eigenvalue weighted by molar-refractivity contribution is -0.120. The van der Waals surface area contributed by atoms with Crippen LogP contribution in [-0.2, 0) is 9.59 Å². The number of allylic oxidation sites excluding steroid dienone is 2. The summed E-state index contributed by atoms with van der Waals surface area (Å²) in [6.07, 6.45) is 9.36. The lowest BCUT2D eigenvalue weighted by Gasteiger charge is -2.22. The van der Waals surface area contributed by atoms with Crippen LogP contribution in [0.4, 0.5) is 0 Å². The molecule has 0 bridgehead atoms. The van der Waals surface area contributed by atoms with Crippen LogP contribution in [0, 0.1) is 5.92 Å². The number of carbonyl (C=O) groups is 2. The Morgan fingerprint density at radius 3 is 2.62 bits per heavy atom. The van der Waals surface area contributed by atoms with Crippen LogP contribution >= 0.6 is 0 Å². The van der Waals surface area contributed by atoms with E-state index in [4.69, 9.17) is 0 Å². The van der Waals surface area contributed by atoms with Gasteiger partial charge in [0.25, 0.3) is 0 Å². The van der Waals surface area contributed by atoms with Gasteiger partial charge in [-0.1, -0.05) is 32.3 Å². The molecule has 0 unspecified atom stereocenters. The number of amides is 2. The summed E-state index contributed by atoms with van der Waals surface area (Å²) in [6, 6.07) is 0. The molecule has 0 radical (unpaired) electrons. The molecular weight excluding hydrogens is 264 g/mol. The second-order valence-corrected chi connectivity index (χ2v) is 6.06. The minimum absolute atomic E-state index is 0.0277. The Morgan fingerprint density at radius 1 is 1.24 bits per heavy atom. The maximum Gasteiger partial charge on any atom is 0.249 e. The molecular formula is C17H26N2O2. The summed E-state index contributed by atoms with van der Waals surface area (Å²) < 4.78 is 0. The Morgan fingerprint density at radius 2 is 1.95 bits per heavy atom. The Kier molecular flexibility index (Phi) is 5.59. The molecule has 2 aliphatic rings. The summed E-state index contributed by atoms with van der Waals surface area (Å²) in [5.41, 5.74) is 2.40.